The lowest BCUT2D eigenvalue weighted by atomic mass is 10.3. The number of esters is 1. The van der Waals surface area contributed by atoms with Crippen LogP contribution < -0.4 is 5.32 Å². The number of amides is 1. The number of nitrogens with zero attached hydrogens (tertiary/aromatic N) is 3. The number of imidazole rings is 1. The molecule has 0 aliphatic rings. The molecule has 0 fully saturated rings. The van der Waals surface area contributed by atoms with Crippen LogP contribution in [0.5, 0.6) is 0 Å². The molecule has 0 saturated heterocycles. The predicted octanol–water partition coefficient (Wildman–Crippen LogP) is -0.568. The standard InChI is InChI=1S/C10H12N4O3/c1-7(15)13-8(10(16)17-2)6-14-4-3-12-9(14)5-11/h3-4,8H,6H2,1-2H3,(H,13,15). The molecule has 7 heteroatoms. The summed E-state index contributed by atoms with van der Waals surface area (Å²) in [7, 11) is 1.23. The second kappa shape index (κ2) is 5.65. The van der Waals surface area contributed by atoms with Crippen LogP contribution in [0.4, 0.5) is 0 Å². The van der Waals surface area contributed by atoms with Crippen molar-refractivity contribution in [3.8, 4) is 6.07 Å². The number of hydrogen-bond acceptors (Lipinski definition) is 5. The summed E-state index contributed by atoms with van der Waals surface area (Å²) < 4.78 is 6.03. The SMILES string of the molecule is COC(=O)C(Cn1ccnc1C#N)NC(C)=O. The molecule has 0 saturated carbocycles. The van der Waals surface area contributed by atoms with Crippen LogP contribution in [-0.2, 0) is 20.9 Å². The second-order valence-corrected chi connectivity index (χ2v) is 3.29. The first-order chi connectivity index (χ1) is 8.08. The highest BCUT2D eigenvalue weighted by Gasteiger charge is 2.21. The minimum Gasteiger partial charge on any atom is -0.467 e. The first-order valence-electron chi connectivity index (χ1n) is 4.84. The van der Waals surface area contributed by atoms with E-state index in [1.165, 1.54) is 24.8 Å². The lowest BCUT2D eigenvalue weighted by molar-refractivity contribution is -0.145. The molecule has 17 heavy (non-hydrogen) atoms. The molecule has 90 valence electrons. The summed E-state index contributed by atoms with van der Waals surface area (Å²) in [5, 5.41) is 11.2. The maximum Gasteiger partial charge on any atom is 0.330 e. The second-order valence-electron chi connectivity index (χ2n) is 3.29. The van der Waals surface area contributed by atoms with E-state index < -0.39 is 12.0 Å². The Labute approximate surface area is 98.0 Å². The fourth-order valence-electron chi connectivity index (χ4n) is 1.33. The van der Waals surface area contributed by atoms with Gasteiger partial charge in [0.05, 0.1) is 13.7 Å². The minimum atomic E-state index is -0.834. The fraction of sp³-hybridized carbons (Fsp3) is 0.400. The Morgan fingerprint density at radius 1 is 1.71 bits per heavy atom. The molecule has 7 nitrogen and oxygen atoms in total. The van der Waals surface area contributed by atoms with Crippen LogP contribution in [0.25, 0.3) is 0 Å². The molecule has 1 amide bonds. The summed E-state index contributed by atoms with van der Waals surface area (Å²) in [6, 6.07) is 1.04. The number of carbonyl (C=O) groups excluding carboxylic acids is 2. The van der Waals surface area contributed by atoms with Gasteiger partial charge in [0.1, 0.15) is 12.1 Å². The molecule has 0 bridgehead atoms. The Bertz CT molecular complexity index is 460. The molecule has 0 aromatic carbocycles. The first kappa shape index (κ1) is 12.7. The third kappa shape index (κ3) is 3.31. The molecule has 1 aromatic rings. The molecule has 1 atom stereocenters. The zero-order chi connectivity index (χ0) is 12.8. The Kier molecular flexibility index (Phi) is 4.22. The molecule has 1 aromatic heterocycles. The van der Waals surface area contributed by atoms with Gasteiger partial charge in [0.15, 0.2) is 0 Å². The predicted molar refractivity (Wildman–Crippen MR) is 56.6 cm³/mol. The number of aromatic nitrogens is 2. The van der Waals surface area contributed by atoms with Gasteiger partial charge in [-0.05, 0) is 0 Å². The van der Waals surface area contributed by atoms with Crippen LogP contribution in [0.2, 0.25) is 0 Å². The molecular formula is C10H12N4O3. The van der Waals surface area contributed by atoms with Crippen LogP contribution >= 0.6 is 0 Å². The van der Waals surface area contributed by atoms with E-state index in [9.17, 15) is 9.59 Å². The lowest BCUT2D eigenvalue weighted by Crippen LogP contribution is -2.43. The summed E-state index contributed by atoms with van der Waals surface area (Å²) in [6.07, 6.45) is 3.00. The summed E-state index contributed by atoms with van der Waals surface area (Å²) >= 11 is 0. The van der Waals surface area contributed by atoms with Gasteiger partial charge in [-0.1, -0.05) is 0 Å². The van der Waals surface area contributed by atoms with Gasteiger partial charge in [0, 0.05) is 19.3 Å². The van der Waals surface area contributed by atoms with Gasteiger partial charge in [-0.25, -0.2) is 9.78 Å². The van der Waals surface area contributed by atoms with E-state index in [1.54, 1.807) is 6.20 Å². The van der Waals surface area contributed by atoms with Crippen molar-refractivity contribution < 1.29 is 14.3 Å². The number of rotatable bonds is 4. The molecule has 0 spiro atoms. The summed E-state index contributed by atoms with van der Waals surface area (Å²) in [4.78, 5) is 26.2. The summed E-state index contributed by atoms with van der Waals surface area (Å²) in [6.45, 7) is 1.41. The quantitative estimate of drug-likeness (QED) is 0.706. The van der Waals surface area contributed by atoms with Crippen LogP contribution in [0.3, 0.4) is 0 Å². The van der Waals surface area contributed by atoms with Crippen molar-refractivity contribution in [2.24, 2.45) is 0 Å². The number of carbonyl (C=O) groups is 2. The van der Waals surface area contributed by atoms with E-state index in [1.807, 2.05) is 6.07 Å². The normalized spacial score (nSPS) is 11.4. The van der Waals surface area contributed by atoms with Gasteiger partial charge in [-0.3, -0.25) is 4.79 Å². The topological polar surface area (TPSA) is 97.0 Å². The van der Waals surface area contributed by atoms with Crippen LogP contribution in [0.1, 0.15) is 12.7 Å². The Morgan fingerprint density at radius 2 is 2.41 bits per heavy atom. The van der Waals surface area contributed by atoms with Crippen molar-refractivity contribution in [1.29, 1.82) is 5.26 Å². The third-order valence-corrected chi connectivity index (χ3v) is 2.06. The van der Waals surface area contributed by atoms with Crippen molar-refractivity contribution >= 4 is 11.9 Å². The van der Waals surface area contributed by atoms with E-state index in [0.717, 1.165) is 0 Å². The van der Waals surface area contributed by atoms with Gasteiger partial charge in [-0.2, -0.15) is 5.26 Å². The van der Waals surface area contributed by atoms with Gasteiger partial charge in [-0.15, -0.1) is 0 Å². The maximum absolute atomic E-state index is 11.4. The molecule has 0 aliphatic heterocycles. The molecule has 1 heterocycles. The van der Waals surface area contributed by atoms with E-state index in [-0.39, 0.29) is 18.3 Å². The van der Waals surface area contributed by atoms with Crippen LogP contribution in [0.15, 0.2) is 12.4 Å². The number of ether oxygens (including phenoxy) is 1. The van der Waals surface area contributed by atoms with Gasteiger partial charge in [0.2, 0.25) is 11.7 Å². The van der Waals surface area contributed by atoms with E-state index in [0.29, 0.717) is 0 Å². The smallest absolute Gasteiger partial charge is 0.330 e. The monoisotopic (exact) mass is 236 g/mol. The lowest BCUT2D eigenvalue weighted by Gasteiger charge is -2.16. The van der Waals surface area contributed by atoms with Crippen molar-refractivity contribution in [1.82, 2.24) is 14.9 Å². The summed E-state index contributed by atoms with van der Waals surface area (Å²) in [5.74, 6) is -0.749. The maximum atomic E-state index is 11.4. The minimum absolute atomic E-state index is 0.106. The Hall–Kier alpha value is -2.36. The largest absolute Gasteiger partial charge is 0.467 e. The zero-order valence-corrected chi connectivity index (χ0v) is 9.51. The number of hydrogen-bond donors (Lipinski definition) is 1. The van der Waals surface area contributed by atoms with Gasteiger partial charge in [0.25, 0.3) is 0 Å². The molecule has 1 N–H and O–H groups in total. The number of nitrogens with one attached hydrogen (secondary N) is 1. The molecule has 1 rings (SSSR count). The molecule has 0 aliphatic carbocycles. The first-order valence-corrected chi connectivity index (χ1v) is 4.84. The Morgan fingerprint density at radius 3 is 2.94 bits per heavy atom. The average molecular weight is 236 g/mol. The van der Waals surface area contributed by atoms with Crippen molar-refractivity contribution in [3.63, 3.8) is 0 Å². The highest BCUT2D eigenvalue weighted by molar-refractivity contribution is 5.83. The average Bonchev–Trinajstić information content (AvgIpc) is 2.73. The summed E-state index contributed by atoms with van der Waals surface area (Å²) in [5.41, 5.74) is 0. The van der Waals surface area contributed by atoms with Gasteiger partial charge >= 0.3 is 5.97 Å². The van der Waals surface area contributed by atoms with Crippen molar-refractivity contribution in [2.75, 3.05) is 7.11 Å². The van der Waals surface area contributed by atoms with Gasteiger partial charge < -0.3 is 14.6 Å². The third-order valence-electron chi connectivity index (χ3n) is 2.06. The van der Waals surface area contributed by atoms with E-state index >= 15 is 0 Å². The van der Waals surface area contributed by atoms with E-state index in [4.69, 9.17) is 5.26 Å². The zero-order valence-electron chi connectivity index (χ0n) is 9.51. The fourth-order valence-corrected chi connectivity index (χ4v) is 1.33. The number of nitriles is 1. The van der Waals surface area contributed by atoms with Crippen LogP contribution in [0, 0.1) is 11.3 Å². The number of methoxy groups -OCH3 is 1. The molecule has 1 unspecified atom stereocenters. The molecular weight excluding hydrogens is 224 g/mol. The van der Waals surface area contributed by atoms with E-state index in [2.05, 4.69) is 15.0 Å². The van der Waals surface area contributed by atoms with Crippen molar-refractivity contribution in [2.45, 2.75) is 19.5 Å². The highest BCUT2D eigenvalue weighted by atomic mass is 16.5. The highest BCUT2D eigenvalue weighted by Crippen LogP contribution is 2.00. The Balaban J connectivity index is 2.83. The van der Waals surface area contributed by atoms with Crippen molar-refractivity contribution in [3.05, 3.63) is 18.2 Å². The van der Waals surface area contributed by atoms with Crippen LogP contribution in [-0.4, -0.2) is 34.6 Å². The molecule has 0 radical (unpaired) electrons.